The van der Waals surface area contributed by atoms with Gasteiger partial charge in [0.2, 0.25) is 0 Å². The van der Waals surface area contributed by atoms with Gasteiger partial charge in [0.1, 0.15) is 23.3 Å². The van der Waals surface area contributed by atoms with Gasteiger partial charge in [-0.1, -0.05) is 6.92 Å². The monoisotopic (exact) mass is 401 g/mol. The number of hydrogen-bond donors (Lipinski definition) is 3. The molecule has 1 saturated heterocycles. The number of ether oxygens (including phenoxy) is 1. The molecule has 4 aromatic heterocycles. The molecule has 0 unspecified atom stereocenters. The van der Waals surface area contributed by atoms with Gasteiger partial charge in [-0.2, -0.15) is 15.5 Å². The van der Waals surface area contributed by atoms with Crippen molar-refractivity contribution in [3.8, 4) is 23.2 Å². The predicted molar refractivity (Wildman–Crippen MR) is 109 cm³/mol. The molecule has 1 aliphatic heterocycles. The maximum Gasteiger partial charge on any atom is 0.158 e. The van der Waals surface area contributed by atoms with Crippen LogP contribution in [0.1, 0.15) is 12.6 Å². The minimum atomic E-state index is 0.130. The largest absolute Gasteiger partial charge is 0.491 e. The molecule has 10 heteroatoms. The van der Waals surface area contributed by atoms with Gasteiger partial charge in [0.25, 0.3) is 0 Å². The van der Waals surface area contributed by atoms with Crippen LogP contribution in [0.5, 0.6) is 5.75 Å². The summed E-state index contributed by atoms with van der Waals surface area (Å²) < 4.78 is 8.04. The molecule has 0 saturated carbocycles. The molecule has 1 fully saturated rings. The lowest BCUT2D eigenvalue weighted by atomic mass is 9.85. The topological polar surface area (TPSA) is 129 Å². The van der Waals surface area contributed by atoms with Crippen LogP contribution in [0.15, 0.2) is 42.9 Å². The van der Waals surface area contributed by atoms with Crippen molar-refractivity contribution < 1.29 is 4.74 Å². The van der Waals surface area contributed by atoms with E-state index in [0.29, 0.717) is 18.2 Å². The van der Waals surface area contributed by atoms with Gasteiger partial charge in [-0.25, -0.2) is 14.5 Å². The van der Waals surface area contributed by atoms with E-state index in [1.54, 1.807) is 6.20 Å². The number of nitrogens with zero attached hydrogens (tertiary/aromatic N) is 6. The smallest absolute Gasteiger partial charge is 0.158 e. The summed E-state index contributed by atoms with van der Waals surface area (Å²) in [5.74, 6) is 1.79. The van der Waals surface area contributed by atoms with Gasteiger partial charge in [-0.05, 0) is 18.2 Å². The van der Waals surface area contributed by atoms with Crippen molar-refractivity contribution in [2.24, 2.45) is 5.41 Å². The van der Waals surface area contributed by atoms with E-state index in [1.807, 2.05) is 34.9 Å². The van der Waals surface area contributed by atoms with E-state index in [4.69, 9.17) is 10.00 Å². The molecule has 0 radical (unpaired) electrons. The van der Waals surface area contributed by atoms with Crippen molar-refractivity contribution in [2.45, 2.75) is 6.92 Å². The van der Waals surface area contributed by atoms with E-state index in [0.717, 1.165) is 35.7 Å². The van der Waals surface area contributed by atoms with E-state index in [1.165, 1.54) is 12.4 Å². The first-order valence-electron chi connectivity index (χ1n) is 9.49. The average Bonchev–Trinajstić information content (AvgIpc) is 3.40. The van der Waals surface area contributed by atoms with E-state index in [9.17, 15) is 0 Å². The third kappa shape index (κ3) is 3.31. The van der Waals surface area contributed by atoms with E-state index >= 15 is 0 Å². The number of anilines is 2. The van der Waals surface area contributed by atoms with Crippen LogP contribution >= 0.6 is 0 Å². The molecule has 0 atom stereocenters. The first kappa shape index (κ1) is 18.1. The SMILES string of the molecule is CC1(COc2ccc3ccnn3c2-c2cc(Nc3cnc(C#N)cn3)n[nH]2)CNC1. The Kier molecular flexibility index (Phi) is 4.30. The summed E-state index contributed by atoms with van der Waals surface area (Å²) in [4.78, 5) is 8.16. The zero-order chi connectivity index (χ0) is 20.6. The van der Waals surface area contributed by atoms with Crippen molar-refractivity contribution >= 4 is 17.2 Å². The normalized spacial score (nSPS) is 14.8. The summed E-state index contributed by atoms with van der Waals surface area (Å²) in [6.45, 7) is 4.69. The summed E-state index contributed by atoms with van der Waals surface area (Å²) in [6, 6.07) is 9.68. The lowest BCUT2D eigenvalue weighted by Gasteiger charge is -2.38. The number of H-pyrrole nitrogens is 1. The highest BCUT2D eigenvalue weighted by Crippen LogP contribution is 2.33. The summed E-state index contributed by atoms with van der Waals surface area (Å²) in [6.07, 6.45) is 4.65. The summed E-state index contributed by atoms with van der Waals surface area (Å²) >= 11 is 0. The van der Waals surface area contributed by atoms with Gasteiger partial charge < -0.3 is 15.4 Å². The van der Waals surface area contributed by atoms with Crippen LogP contribution in [0.2, 0.25) is 0 Å². The first-order valence-corrected chi connectivity index (χ1v) is 9.49. The molecule has 0 aromatic carbocycles. The van der Waals surface area contributed by atoms with Crippen molar-refractivity contribution in [1.82, 2.24) is 35.1 Å². The minimum absolute atomic E-state index is 0.130. The van der Waals surface area contributed by atoms with E-state index in [2.05, 4.69) is 42.8 Å². The van der Waals surface area contributed by atoms with Crippen LogP contribution in [0, 0.1) is 16.7 Å². The Morgan fingerprint density at radius 3 is 2.87 bits per heavy atom. The lowest BCUT2D eigenvalue weighted by Crippen LogP contribution is -2.54. The Morgan fingerprint density at radius 2 is 2.13 bits per heavy atom. The van der Waals surface area contributed by atoms with Crippen LogP contribution < -0.4 is 15.4 Å². The van der Waals surface area contributed by atoms with Crippen LogP contribution in [-0.4, -0.2) is 49.5 Å². The number of pyridine rings is 1. The van der Waals surface area contributed by atoms with E-state index < -0.39 is 0 Å². The van der Waals surface area contributed by atoms with Crippen LogP contribution in [0.4, 0.5) is 11.6 Å². The number of fused-ring (bicyclic) bond motifs is 1. The van der Waals surface area contributed by atoms with Crippen LogP contribution in [0.3, 0.4) is 0 Å². The lowest BCUT2D eigenvalue weighted by molar-refractivity contribution is 0.102. The molecule has 10 nitrogen and oxygen atoms in total. The molecule has 1 aliphatic rings. The fourth-order valence-electron chi connectivity index (χ4n) is 3.33. The van der Waals surface area contributed by atoms with E-state index in [-0.39, 0.29) is 11.1 Å². The fraction of sp³-hybridized carbons (Fsp3) is 0.250. The van der Waals surface area contributed by atoms with Crippen molar-refractivity contribution in [3.05, 3.63) is 48.5 Å². The van der Waals surface area contributed by atoms with Crippen molar-refractivity contribution in [1.29, 1.82) is 5.26 Å². The number of nitriles is 1. The maximum atomic E-state index is 8.84. The number of hydrogen-bond acceptors (Lipinski definition) is 8. The Morgan fingerprint density at radius 1 is 1.23 bits per heavy atom. The third-order valence-corrected chi connectivity index (χ3v) is 5.06. The molecule has 5 rings (SSSR count). The second-order valence-corrected chi connectivity index (χ2v) is 7.61. The molecule has 0 amide bonds. The van der Waals surface area contributed by atoms with Gasteiger partial charge in [0.05, 0.1) is 36.4 Å². The molecule has 4 aromatic rings. The average molecular weight is 401 g/mol. The van der Waals surface area contributed by atoms with Crippen molar-refractivity contribution in [3.63, 3.8) is 0 Å². The highest BCUT2D eigenvalue weighted by Gasteiger charge is 2.33. The molecule has 0 bridgehead atoms. The summed E-state index contributed by atoms with van der Waals surface area (Å²) in [5, 5.41) is 27.0. The Labute approximate surface area is 171 Å². The zero-order valence-electron chi connectivity index (χ0n) is 16.3. The Hall–Kier alpha value is -3.97. The molecule has 0 spiro atoms. The van der Waals surface area contributed by atoms with Gasteiger partial charge in [0.15, 0.2) is 11.5 Å². The Bertz CT molecular complexity index is 1230. The number of aromatic amines is 1. The number of aromatic nitrogens is 6. The van der Waals surface area contributed by atoms with Gasteiger partial charge in [0, 0.05) is 24.6 Å². The molecule has 0 aliphatic carbocycles. The minimum Gasteiger partial charge on any atom is -0.491 e. The van der Waals surface area contributed by atoms with Gasteiger partial charge in [-0.15, -0.1) is 0 Å². The Balaban J connectivity index is 1.45. The highest BCUT2D eigenvalue weighted by atomic mass is 16.5. The molecule has 3 N–H and O–H groups in total. The van der Waals surface area contributed by atoms with Crippen LogP contribution in [0.25, 0.3) is 16.9 Å². The zero-order valence-corrected chi connectivity index (χ0v) is 16.3. The fourth-order valence-corrected chi connectivity index (χ4v) is 3.33. The second kappa shape index (κ2) is 7.13. The maximum absolute atomic E-state index is 8.84. The van der Waals surface area contributed by atoms with Gasteiger partial charge >= 0.3 is 0 Å². The second-order valence-electron chi connectivity index (χ2n) is 7.61. The van der Waals surface area contributed by atoms with Crippen LogP contribution in [-0.2, 0) is 0 Å². The first-order chi connectivity index (χ1) is 14.6. The number of nitrogens with one attached hydrogen (secondary N) is 3. The summed E-state index contributed by atoms with van der Waals surface area (Å²) in [5.41, 5.74) is 2.88. The number of rotatable bonds is 6. The molecular weight excluding hydrogens is 382 g/mol. The van der Waals surface area contributed by atoms with Gasteiger partial charge in [-0.3, -0.25) is 5.10 Å². The summed E-state index contributed by atoms with van der Waals surface area (Å²) in [7, 11) is 0. The molecule has 150 valence electrons. The predicted octanol–water partition coefficient (Wildman–Crippen LogP) is 2.12. The third-order valence-electron chi connectivity index (χ3n) is 5.06. The quantitative estimate of drug-likeness (QED) is 0.448. The standard InChI is InChI=1S/C20H19N9O/c1-20(10-22-11-20)12-30-16-3-2-14-4-5-25-29(14)19(16)15-6-17(28-27-15)26-18-9-23-13(7-21)8-24-18/h2-6,8-9,22H,10-12H2,1H3,(H2,24,26,27,28). The molecule has 5 heterocycles. The molecule has 30 heavy (non-hydrogen) atoms. The molecular formula is C20H19N9O. The van der Waals surface area contributed by atoms with Crippen molar-refractivity contribution in [2.75, 3.05) is 25.0 Å². The highest BCUT2D eigenvalue weighted by molar-refractivity contribution is 5.71.